The molecule has 0 aromatic heterocycles. The molecule has 0 bridgehead atoms. The first-order valence-electron chi connectivity index (χ1n) is 5.44. The minimum absolute atomic E-state index is 0.256. The monoisotopic (exact) mass is 238 g/mol. The number of hydrogen-bond donors (Lipinski definition) is 2. The number of aliphatic hydroxyl groups is 2. The predicted octanol–water partition coefficient (Wildman–Crippen LogP) is 0.747. The quantitative estimate of drug-likeness (QED) is 0.717. The van der Waals surface area contributed by atoms with Gasteiger partial charge in [0.15, 0.2) is 0 Å². The third kappa shape index (κ3) is 9.41. The van der Waals surface area contributed by atoms with E-state index in [-0.39, 0.29) is 6.61 Å². The number of carbonyl (C=O) groups is 2. The van der Waals surface area contributed by atoms with Crippen molar-refractivity contribution in [3.63, 3.8) is 0 Å². The first-order valence-corrected chi connectivity index (χ1v) is 5.44. The van der Waals surface area contributed by atoms with Crippen molar-refractivity contribution in [2.45, 2.75) is 25.4 Å². The van der Waals surface area contributed by atoms with Crippen LogP contribution in [-0.2, 0) is 16.0 Å². The van der Waals surface area contributed by atoms with E-state index in [2.05, 4.69) is 0 Å². The molecule has 0 aliphatic heterocycles. The molecule has 4 heteroatoms. The van der Waals surface area contributed by atoms with Crippen molar-refractivity contribution in [1.82, 2.24) is 0 Å². The van der Waals surface area contributed by atoms with E-state index < -0.39 is 6.10 Å². The molecule has 1 unspecified atom stereocenters. The lowest BCUT2D eigenvalue weighted by Crippen LogP contribution is -2.11. The zero-order chi connectivity index (χ0) is 12.9. The topological polar surface area (TPSA) is 74.6 Å². The van der Waals surface area contributed by atoms with E-state index in [1.54, 1.807) is 0 Å². The molecular formula is C13H18O4. The average molecular weight is 238 g/mol. The zero-order valence-electron chi connectivity index (χ0n) is 9.66. The van der Waals surface area contributed by atoms with Gasteiger partial charge in [-0.15, -0.1) is 0 Å². The van der Waals surface area contributed by atoms with E-state index in [0.717, 1.165) is 18.1 Å². The Bertz CT molecular complexity index is 298. The summed E-state index contributed by atoms with van der Waals surface area (Å²) in [5.41, 5.74) is 1.08. The highest BCUT2D eigenvalue weighted by molar-refractivity contribution is 5.54. The summed E-state index contributed by atoms with van der Waals surface area (Å²) < 4.78 is 0. The maximum Gasteiger partial charge on any atom is 0.124 e. The Morgan fingerprint density at radius 1 is 1.12 bits per heavy atom. The minimum atomic E-state index is -0.722. The third-order valence-electron chi connectivity index (χ3n) is 1.99. The summed E-state index contributed by atoms with van der Waals surface area (Å²) in [5, 5.41) is 16.8. The van der Waals surface area contributed by atoms with E-state index >= 15 is 0 Å². The van der Waals surface area contributed by atoms with E-state index in [1.165, 1.54) is 0 Å². The van der Waals surface area contributed by atoms with Crippen LogP contribution in [0.3, 0.4) is 0 Å². The van der Waals surface area contributed by atoms with Gasteiger partial charge in [-0.1, -0.05) is 30.3 Å². The molecule has 0 heterocycles. The molecule has 1 rings (SSSR count). The standard InChI is InChI=1S/C8H8O.C5H10O3/c9-7-6-8-4-2-1-3-5-8;6-3-1-2-5(8)4-7/h1-5,7H,6H2;3,5,7-8H,1-2,4H2. The highest BCUT2D eigenvalue weighted by atomic mass is 16.3. The van der Waals surface area contributed by atoms with Crippen molar-refractivity contribution < 1.29 is 19.8 Å². The van der Waals surface area contributed by atoms with Gasteiger partial charge in [-0.25, -0.2) is 0 Å². The normalized spacial score (nSPS) is 10.9. The molecule has 0 amide bonds. The molecule has 94 valence electrons. The van der Waals surface area contributed by atoms with Crippen molar-refractivity contribution in [2.75, 3.05) is 6.61 Å². The lowest BCUT2D eigenvalue weighted by Gasteiger charge is -2.00. The van der Waals surface area contributed by atoms with Crippen molar-refractivity contribution in [3.8, 4) is 0 Å². The molecule has 1 aromatic rings. The lowest BCUT2D eigenvalue weighted by atomic mass is 10.2. The fraction of sp³-hybridized carbons (Fsp3) is 0.385. The van der Waals surface area contributed by atoms with E-state index in [1.807, 2.05) is 30.3 Å². The Hall–Kier alpha value is -1.52. The zero-order valence-corrected chi connectivity index (χ0v) is 9.66. The molecule has 1 aromatic carbocycles. The van der Waals surface area contributed by atoms with Crippen LogP contribution in [0.25, 0.3) is 0 Å². The number of carbonyl (C=O) groups excluding carboxylic acids is 2. The predicted molar refractivity (Wildman–Crippen MR) is 64.6 cm³/mol. The van der Waals surface area contributed by atoms with Crippen LogP contribution < -0.4 is 0 Å². The number of aldehydes is 2. The van der Waals surface area contributed by atoms with Crippen LogP contribution in [0, 0.1) is 0 Å². The Morgan fingerprint density at radius 3 is 2.24 bits per heavy atom. The fourth-order valence-electron chi connectivity index (χ4n) is 1.06. The average Bonchev–Trinajstić information content (AvgIpc) is 2.38. The molecule has 2 N–H and O–H groups in total. The summed E-state index contributed by atoms with van der Waals surface area (Å²) in [6, 6.07) is 9.68. The molecule has 0 fully saturated rings. The summed E-state index contributed by atoms with van der Waals surface area (Å²) >= 11 is 0. The summed E-state index contributed by atoms with van der Waals surface area (Å²) in [6.07, 6.45) is 2.12. The van der Waals surface area contributed by atoms with Gasteiger partial charge in [-0.3, -0.25) is 0 Å². The Labute approximate surface area is 101 Å². The van der Waals surface area contributed by atoms with Crippen LogP contribution in [0.1, 0.15) is 18.4 Å². The Morgan fingerprint density at radius 2 is 1.76 bits per heavy atom. The second kappa shape index (κ2) is 11.0. The van der Waals surface area contributed by atoms with E-state index in [0.29, 0.717) is 19.3 Å². The molecule has 17 heavy (non-hydrogen) atoms. The van der Waals surface area contributed by atoms with Crippen LogP contribution in [-0.4, -0.2) is 35.5 Å². The number of aliphatic hydroxyl groups excluding tert-OH is 2. The third-order valence-corrected chi connectivity index (χ3v) is 1.99. The van der Waals surface area contributed by atoms with Gasteiger partial charge in [0.25, 0.3) is 0 Å². The highest BCUT2D eigenvalue weighted by Gasteiger charge is 1.98. The number of rotatable bonds is 6. The van der Waals surface area contributed by atoms with Gasteiger partial charge in [0.05, 0.1) is 12.7 Å². The molecule has 0 aliphatic rings. The fourth-order valence-corrected chi connectivity index (χ4v) is 1.06. The Kier molecular flexibility index (Phi) is 10.00. The van der Waals surface area contributed by atoms with Gasteiger partial charge < -0.3 is 19.8 Å². The molecule has 0 radical (unpaired) electrons. The van der Waals surface area contributed by atoms with Crippen LogP contribution >= 0.6 is 0 Å². The van der Waals surface area contributed by atoms with Gasteiger partial charge >= 0.3 is 0 Å². The van der Waals surface area contributed by atoms with Gasteiger partial charge in [-0.05, 0) is 12.0 Å². The Balaban J connectivity index is 0.000000304. The van der Waals surface area contributed by atoms with Gasteiger partial charge in [-0.2, -0.15) is 0 Å². The minimum Gasteiger partial charge on any atom is -0.394 e. The smallest absolute Gasteiger partial charge is 0.124 e. The van der Waals surface area contributed by atoms with E-state index in [9.17, 15) is 9.59 Å². The van der Waals surface area contributed by atoms with Crippen molar-refractivity contribution in [2.24, 2.45) is 0 Å². The number of hydrogen-bond acceptors (Lipinski definition) is 4. The van der Waals surface area contributed by atoms with Crippen LogP contribution in [0.4, 0.5) is 0 Å². The largest absolute Gasteiger partial charge is 0.394 e. The van der Waals surface area contributed by atoms with Crippen molar-refractivity contribution in [1.29, 1.82) is 0 Å². The molecule has 4 nitrogen and oxygen atoms in total. The van der Waals surface area contributed by atoms with Gasteiger partial charge in [0, 0.05) is 12.8 Å². The van der Waals surface area contributed by atoms with Crippen LogP contribution in [0.2, 0.25) is 0 Å². The van der Waals surface area contributed by atoms with Crippen LogP contribution in [0.15, 0.2) is 30.3 Å². The van der Waals surface area contributed by atoms with Gasteiger partial charge in [0.1, 0.15) is 12.6 Å². The first-order chi connectivity index (χ1) is 8.24. The number of benzene rings is 1. The van der Waals surface area contributed by atoms with Crippen LogP contribution in [0.5, 0.6) is 0 Å². The first kappa shape index (κ1) is 15.5. The summed E-state index contributed by atoms with van der Waals surface area (Å²) in [6.45, 7) is -0.256. The molecule has 0 saturated carbocycles. The summed E-state index contributed by atoms with van der Waals surface area (Å²) in [4.78, 5) is 19.6. The van der Waals surface area contributed by atoms with Crippen molar-refractivity contribution in [3.05, 3.63) is 35.9 Å². The summed E-state index contributed by atoms with van der Waals surface area (Å²) in [7, 11) is 0. The molecule has 0 aliphatic carbocycles. The maximum atomic E-state index is 9.97. The van der Waals surface area contributed by atoms with E-state index in [4.69, 9.17) is 10.2 Å². The molecule has 0 spiro atoms. The molecular weight excluding hydrogens is 220 g/mol. The molecule has 1 atom stereocenters. The van der Waals surface area contributed by atoms with Gasteiger partial charge in [0.2, 0.25) is 0 Å². The molecule has 0 saturated heterocycles. The SMILES string of the molecule is O=CCCC(O)CO.O=CCc1ccccc1. The second-order valence-corrected chi connectivity index (χ2v) is 3.44. The second-order valence-electron chi connectivity index (χ2n) is 3.44. The highest BCUT2D eigenvalue weighted by Crippen LogP contribution is 1.96. The summed E-state index contributed by atoms with van der Waals surface area (Å²) in [5.74, 6) is 0. The maximum absolute atomic E-state index is 9.97. The van der Waals surface area contributed by atoms with Crippen molar-refractivity contribution >= 4 is 12.6 Å². The lowest BCUT2D eigenvalue weighted by molar-refractivity contribution is -0.108.